The Labute approximate surface area is 121 Å². The van der Waals surface area contributed by atoms with Gasteiger partial charge < -0.3 is 4.57 Å². The predicted octanol–water partition coefficient (Wildman–Crippen LogP) is 3.15. The molecule has 0 spiro atoms. The summed E-state index contributed by atoms with van der Waals surface area (Å²) in [6, 6.07) is 3.63. The summed E-state index contributed by atoms with van der Waals surface area (Å²) in [5.74, 6) is 1.09. The number of rotatable bonds is 3. The van der Waals surface area contributed by atoms with E-state index < -0.39 is 0 Å². The third-order valence-corrected chi connectivity index (χ3v) is 3.56. The summed E-state index contributed by atoms with van der Waals surface area (Å²) in [5, 5.41) is 9.39. The molecule has 18 heavy (non-hydrogen) atoms. The molecule has 1 atom stereocenters. The van der Waals surface area contributed by atoms with Gasteiger partial charge in [0.05, 0.1) is 0 Å². The van der Waals surface area contributed by atoms with Crippen LogP contribution in [0.15, 0.2) is 17.3 Å². The molecule has 0 aliphatic rings. The fourth-order valence-electron chi connectivity index (χ4n) is 1.69. The lowest BCUT2D eigenvalue weighted by atomic mass is 9.99. The number of aromatic nitrogens is 4. The van der Waals surface area contributed by atoms with Gasteiger partial charge in [-0.15, -0.1) is 22.8 Å². The molecule has 0 amide bonds. The van der Waals surface area contributed by atoms with Crippen molar-refractivity contribution in [3.05, 3.63) is 33.8 Å². The smallest absolute Gasteiger partial charge is 0.187 e. The van der Waals surface area contributed by atoms with Crippen LogP contribution < -0.4 is 0 Å². The molecule has 0 N–H and O–H groups in total. The Kier molecular flexibility index (Phi) is 4.14. The fraction of sp³-hybridized carbons (Fsp3) is 0.364. The maximum atomic E-state index is 5.89. The molecule has 2 rings (SSSR count). The first-order chi connectivity index (χ1) is 8.47. The van der Waals surface area contributed by atoms with E-state index in [2.05, 4.69) is 34.7 Å². The molecule has 0 fully saturated rings. The highest BCUT2D eigenvalue weighted by Gasteiger charge is 2.13. The van der Waals surface area contributed by atoms with E-state index >= 15 is 0 Å². The van der Waals surface area contributed by atoms with Crippen LogP contribution in [0.1, 0.15) is 24.2 Å². The van der Waals surface area contributed by atoms with E-state index in [9.17, 15) is 0 Å². The van der Waals surface area contributed by atoms with Gasteiger partial charge in [0.2, 0.25) is 0 Å². The minimum Gasteiger partial charge on any atom is -0.309 e. The summed E-state index contributed by atoms with van der Waals surface area (Å²) in [6.07, 6.45) is 0.737. The molecule has 0 bridgehead atoms. The number of hydrogen-bond acceptors (Lipinski definition) is 4. The average molecular weight is 303 g/mol. The van der Waals surface area contributed by atoms with Crippen LogP contribution in [0.25, 0.3) is 0 Å². The van der Waals surface area contributed by atoms with E-state index in [-0.39, 0.29) is 5.92 Å². The van der Waals surface area contributed by atoms with Gasteiger partial charge >= 0.3 is 0 Å². The first-order valence-electron chi connectivity index (χ1n) is 5.37. The lowest BCUT2D eigenvalue weighted by Crippen LogP contribution is -2.05. The van der Waals surface area contributed by atoms with Gasteiger partial charge in [-0.25, -0.2) is 4.98 Å². The number of nitrogens with zero attached hydrogens (tertiary/aromatic N) is 4. The van der Waals surface area contributed by atoms with Crippen LogP contribution in [0.3, 0.4) is 0 Å². The number of thiol groups is 1. The molecule has 0 aliphatic carbocycles. The molecule has 2 aromatic rings. The lowest BCUT2D eigenvalue weighted by molar-refractivity contribution is 0.663. The molecule has 0 saturated heterocycles. The molecular weight excluding hydrogens is 291 g/mol. The maximum Gasteiger partial charge on any atom is 0.187 e. The number of hydrogen-bond donors (Lipinski definition) is 1. The zero-order chi connectivity index (χ0) is 13.3. The summed E-state index contributed by atoms with van der Waals surface area (Å²) in [5.41, 5.74) is 1.03. The first kappa shape index (κ1) is 13.6. The van der Waals surface area contributed by atoms with Gasteiger partial charge in [0.1, 0.15) is 16.1 Å². The second kappa shape index (κ2) is 5.47. The molecule has 0 unspecified atom stereocenters. The molecular formula is C11H12Cl2N4S. The van der Waals surface area contributed by atoms with E-state index in [1.54, 1.807) is 0 Å². The summed E-state index contributed by atoms with van der Waals surface area (Å²) in [6.45, 7) is 2.08. The van der Waals surface area contributed by atoms with Crippen molar-refractivity contribution in [2.75, 3.05) is 0 Å². The fourth-order valence-corrected chi connectivity index (χ4v) is 2.33. The monoisotopic (exact) mass is 302 g/mol. The SMILES string of the molecule is C[C@H](Cc1nnc(S)n1C)c1cc(Cl)nc(Cl)c1. The molecule has 96 valence electrons. The van der Waals surface area contributed by atoms with Gasteiger partial charge in [-0.3, -0.25) is 0 Å². The summed E-state index contributed by atoms with van der Waals surface area (Å²) in [4.78, 5) is 3.93. The zero-order valence-corrected chi connectivity index (χ0v) is 12.3. The van der Waals surface area contributed by atoms with Crippen molar-refractivity contribution in [1.82, 2.24) is 19.7 Å². The van der Waals surface area contributed by atoms with E-state index in [0.717, 1.165) is 17.8 Å². The van der Waals surface area contributed by atoms with E-state index in [0.29, 0.717) is 15.5 Å². The topological polar surface area (TPSA) is 43.6 Å². The Hall–Kier alpha value is -0.780. The molecule has 0 radical (unpaired) electrons. The van der Waals surface area contributed by atoms with Crippen molar-refractivity contribution in [3.8, 4) is 0 Å². The second-order valence-corrected chi connectivity index (χ2v) is 5.30. The van der Waals surface area contributed by atoms with Crippen LogP contribution in [0.2, 0.25) is 10.3 Å². The van der Waals surface area contributed by atoms with Crippen LogP contribution in [0.4, 0.5) is 0 Å². The van der Waals surface area contributed by atoms with E-state index in [4.69, 9.17) is 23.2 Å². The van der Waals surface area contributed by atoms with Crippen molar-refractivity contribution in [3.63, 3.8) is 0 Å². The summed E-state index contributed by atoms with van der Waals surface area (Å²) < 4.78 is 1.85. The van der Waals surface area contributed by atoms with Gasteiger partial charge in [-0.05, 0) is 23.6 Å². The van der Waals surface area contributed by atoms with Crippen LogP contribution in [-0.4, -0.2) is 19.7 Å². The third kappa shape index (κ3) is 2.96. The summed E-state index contributed by atoms with van der Waals surface area (Å²) in [7, 11) is 1.89. The van der Waals surface area contributed by atoms with Crippen LogP contribution in [0.5, 0.6) is 0 Å². The van der Waals surface area contributed by atoms with Crippen molar-refractivity contribution in [2.45, 2.75) is 24.4 Å². The normalized spacial score (nSPS) is 12.7. The highest BCUT2D eigenvalue weighted by atomic mass is 35.5. The van der Waals surface area contributed by atoms with Crippen LogP contribution >= 0.6 is 35.8 Å². The predicted molar refractivity (Wildman–Crippen MR) is 74.6 cm³/mol. The highest BCUT2D eigenvalue weighted by molar-refractivity contribution is 7.80. The van der Waals surface area contributed by atoms with Gasteiger partial charge in [0.15, 0.2) is 5.16 Å². The second-order valence-electron chi connectivity index (χ2n) is 4.13. The molecule has 7 heteroatoms. The number of halogens is 2. The Bertz CT molecular complexity index is 550. The molecule has 4 nitrogen and oxygen atoms in total. The third-order valence-electron chi connectivity index (χ3n) is 2.78. The molecule has 0 saturated carbocycles. The maximum absolute atomic E-state index is 5.89. The van der Waals surface area contributed by atoms with Crippen LogP contribution in [-0.2, 0) is 13.5 Å². The van der Waals surface area contributed by atoms with Gasteiger partial charge in [0, 0.05) is 13.5 Å². The van der Waals surface area contributed by atoms with E-state index in [1.807, 2.05) is 23.7 Å². The van der Waals surface area contributed by atoms with Gasteiger partial charge in [-0.2, -0.15) is 0 Å². The minimum absolute atomic E-state index is 0.221. The standard InChI is InChI=1S/C11H12Cl2N4S/c1-6(3-10-15-16-11(18)17(10)2)7-4-8(12)14-9(13)5-7/h4-6H,3H2,1-2H3,(H,16,18)/t6-/m1/s1. The van der Waals surface area contributed by atoms with Gasteiger partial charge in [-0.1, -0.05) is 30.1 Å². The molecule has 0 aromatic carbocycles. The van der Waals surface area contributed by atoms with E-state index in [1.165, 1.54) is 0 Å². The first-order valence-corrected chi connectivity index (χ1v) is 6.58. The largest absolute Gasteiger partial charge is 0.309 e. The lowest BCUT2D eigenvalue weighted by Gasteiger charge is -2.11. The molecule has 0 aliphatic heterocycles. The molecule has 2 aromatic heterocycles. The molecule has 2 heterocycles. The zero-order valence-electron chi connectivity index (χ0n) is 9.93. The van der Waals surface area contributed by atoms with Crippen LogP contribution in [0, 0.1) is 0 Å². The van der Waals surface area contributed by atoms with Crippen molar-refractivity contribution < 1.29 is 0 Å². The van der Waals surface area contributed by atoms with Crippen molar-refractivity contribution >= 4 is 35.8 Å². The van der Waals surface area contributed by atoms with Crippen molar-refractivity contribution in [2.24, 2.45) is 7.05 Å². The Balaban J connectivity index is 2.21. The minimum atomic E-state index is 0.221. The highest BCUT2D eigenvalue weighted by Crippen LogP contribution is 2.24. The Morgan fingerprint density at radius 3 is 2.39 bits per heavy atom. The average Bonchev–Trinajstić information content (AvgIpc) is 2.59. The Morgan fingerprint density at radius 1 is 1.28 bits per heavy atom. The van der Waals surface area contributed by atoms with Gasteiger partial charge in [0.25, 0.3) is 0 Å². The summed E-state index contributed by atoms with van der Waals surface area (Å²) >= 11 is 16.0. The van der Waals surface area contributed by atoms with Crippen molar-refractivity contribution in [1.29, 1.82) is 0 Å². The quantitative estimate of drug-likeness (QED) is 0.700. The number of pyridine rings is 1. The Morgan fingerprint density at radius 2 is 1.89 bits per heavy atom.